The highest BCUT2D eigenvalue weighted by atomic mass is 16.6. The van der Waals surface area contributed by atoms with E-state index in [1.807, 2.05) is 0 Å². The van der Waals surface area contributed by atoms with E-state index in [0.29, 0.717) is 18.4 Å². The van der Waals surface area contributed by atoms with Gasteiger partial charge in [0.2, 0.25) is 0 Å². The lowest BCUT2D eigenvalue weighted by atomic mass is 9.96. The molecule has 0 N–H and O–H groups in total. The highest BCUT2D eigenvalue weighted by Gasteiger charge is 2.24. The predicted octanol–water partition coefficient (Wildman–Crippen LogP) is 2.66. The molecule has 1 aromatic rings. The lowest BCUT2D eigenvalue weighted by molar-refractivity contribution is -0.384. The van der Waals surface area contributed by atoms with Crippen LogP contribution in [0.5, 0.6) is 0 Å². The smallest absolute Gasteiger partial charge is 0.331 e. The Morgan fingerprint density at radius 2 is 2.00 bits per heavy atom. The number of ketones is 1. The van der Waals surface area contributed by atoms with Crippen molar-refractivity contribution in [3.63, 3.8) is 0 Å². The van der Waals surface area contributed by atoms with Gasteiger partial charge in [0.05, 0.1) is 4.92 Å². The Balaban J connectivity index is 1.92. The Morgan fingerprint density at radius 3 is 2.62 bits per heavy atom. The van der Waals surface area contributed by atoms with Crippen molar-refractivity contribution < 1.29 is 19.2 Å². The second-order valence-corrected chi connectivity index (χ2v) is 4.82. The summed E-state index contributed by atoms with van der Waals surface area (Å²) in [4.78, 5) is 33.2. The zero-order valence-corrected chi connectivity index (χ0v) is 11.4. The van der Waals surface area contributed by atoms with Crippen molar-refractivity contribution in [2.75, 3.05) is 0 Å². The number of benzene rings is 1. The van der Waals surface area contributed by atoms with Crippen molar-refractivity contribution >= 4 is 23.5 Å². The van der Waals surface area contributed by atoms with Gasteiger partial charge in [0.25, 0.3) is 5.69 Å². The van der Waals surface area contributed by atoms with E-state index in [0.717, 1.165) is 12.8 Å². The maximum atomic E-state index is 11.6. The fourth-order valence-corrected chi connectivity index (χ4v) is 2.13. The van der Waals surface area contributed by atoms with Crippen molar-refractivity contribution in [3.8, 4) is 0 Å². The van der Waals surface area contributed by atoms with E-state index in [2.05, 4.69) is 0 Å². The van der Waals surface area contributed by atoms with E-state index in [1.54, 1.807) is 0 Å². The minimum atomic E-state index is -0.632. The van der Waals surface area contributed by atoms with Crippen LogP contribution in [-0.2, 0) is 14.3 Å². The molecule has 1 unspecified atom stereocenters. The van der Waals surface area contributed by atoms with Crippen LogP contribution < -0.4 is 0 Å². The van der Waals surface area contributed by atoms with Gasteiger partial charge in [-0.3, -0.25) is 14.9 Å². The molecule has 1 saturated carbocycles. The number of carbonyl (C=O) groups excluding carboxylic acids is 2. The number of nitro groups is 1. The number of ether oxygens (including phenoxy) is 1. The average molecular weight is 289 g/mol. The molecule has 0 aromatic heterocycles. The molecule has 0 radical (unpaired) electrons. The van der Waals surface area contributed by atoms with Crippen molar-refractivity contribution in [1.82, 2.24) is 0 Å². The fourth-order valence-electron chi connectivity index (χ4n) is 2.13. The zero-order chi connectivity index (χ0) is 15.2. The minimum absolute atomic E-state index is 0.0115. The van der Waals surface area contributed by atoms with Crippen molar-refractivity contribution in [3.05, 3.63) is 46.0 Å². The fraction of sp³-hybridized carbons (Fsp3) is 0.333. The van der Waals surface area contributed by atoms with Crippen LogP contribution in [0.1, 0.15) is 31.2 Å². The van der Waals surface area contributed by atoms with Crippen LogP contribution in [0, 0.1) is 10.1 Å². The van der Waals surface area contributed by atoms with Gasteiger partial charge in [-0.1, -0.05) is 0 Å². The molecule has 0 spiro atoms. The van der Waals surface area contributed by atoms with E-state index >= 15 is 0 Å². The Morgan fingerprint density at radius 1 is 1.29 bits per heavy atom. The molecule has 0 amide bonds. The summed E-state index contributed by atoms with van der Waals surface area (Å²) in [5, 5.41) is 10.5. The molecule has 0 heterocycles. The van der Waals surface area contributed by atoms with Crippen molar-refractivity contribution in [2.45, 2.75) is 31.8 Å². The van der Waals surface area contributed by atoms with Gasteiger partial charge < -0.3 is 4.74 Å². The molecule has 1 fully saturated rings. The average Bonchev–Trinajstić information content (AvgIpc) is 2.48. The van der Waals surface area contributed by atoms with Crippen LogP contribution in [0.15, 0.2) is 30.3 Å². The summed E-state index contributed by atoms with van der Waals surface area (Å²) < 4.78 is 5.10. The largest absolute Gasteiger partial charge is 0.451 e. The summed E-state index contributed by atoms with van der Waals surface area (Å²) in [5.41, 5.74) is 0.634. The number of Topliss-reactive ketones (excluding diaryl/α,β-unsaturated/α-hetero) is 1. The van der Waals surface area contributed by atoms with Gasteiger partial charge in [-0.2, -0.15) is 0 Å². The summed E-state index contributed by atoms with van der Waals surface area (Å²) in [7, 11) is 0. The monoisotopic (exact) mass is 289 g/mol. The van der Waals surface area contributed by atoms with Gasteiger partial charge in [-0.25, -0.2) is 4.79 Å². The number of nitrogens with zero attached hydrogens (tertiary/aromatic N) is 1. The lowest BCUT2D eigenvalue weighted by Gasteiger charge is -2.19. The molecular weight excluding hydrogens is 274 g/mol. The molecule has 0 bridgehead atoms. The molecule has 1 aliphatic rings. The van der Waals surface area contributed by atoms with Gasteiger partial charge in [-0.15, -0.1) is 0 Å². The number of hydrogen-bond donors (Lipinski definition) is 0. The van der Waals surface area contributed by atoms with E-state index in [4.69, 9.17) is 4.74 Å². The Kier molecular flexibility index (Phi) is 4.81. The molecule has 21 heavy (non-hydrogen) atoms. The third-order valence-electron chi connectivity index (χ3n) is 3.27. The second kappa shape index (κ2) is 6.78. The summed E-state index contributed by atoms with van der Waals surface area (Å²) in [5.74, 6) is -0.605. The third kappa shape index (κ3) is 4.24. The van der Waals surface area contributed by atoms with Crippen LogP contribution in [0.3, 0.4) is 0 Å². The second-order valence-electron chi connectivity index (χ2n) is 4.82. The van der Waals surface area contributed by atoms with Gasteiger partial charge in [-0.05, 0) is 43.0 Å². The maximum Gasteiger partial charge on any atom is 0.331 e. The van der Waals surface area contributed by atoms with Crippen LogP contribution in [0.25, 0.3) is 6.08 Å². The van der Waals surface area contributed by atoms with Crippen molar-refractivity contribution in [2.24, 2.45) is 0 Å². The Labute approximate surface area is 121 Å². The Bertz CT molecular complexity index is 576. The van der Waals surface area contributed by atoms with Crippen LogP contribution in [0.2, 0.25) is 0 Å². The van der Waals surface area contributed by atoms with Gasteiger partial charge in [0.1, 0.15) is 0 Å². The molecule has 6 nitrogen and oxygen atoms in total. The molecule has 110 valence electrons. The first-order chi connectivity index (χ1) is 10.1. The SMILES string of the molecule is O=C(C=Cc1ccc([N+](=O)[O-])cc1)OC1CCCCC1=O. The summed E-state index contributed by atoms with van der Waals surface area (Å²) in [6.07, 6.45) is 4.87. The number of esters is 1. The number of carbonyl (C=O) groups is 2. The van der Waals surface area contributed by atoms with Crippen LogP contribution in [0.4, 0.5) is 5.69 Å². The van der Waals surface area contributed by atoms with Crippen molar-refractivity contribution in [1.29, 1.82) is 0 Å². The van der Waals surface area contributed by atoms with E-state index in [-0.39, 0.29) is 11.5 Å². The first-order valence-corrected chi connectivity index (χ1v) is 6.72. The van der Waals surface area contributed by atoms with Crippen LogP contribution >= 0.6 is 0 Å². The highest BCUT2D eigenvalue weighted by Crippen LogP contribution is 2.18. The summed E-state index contributed by atoms with van der Waals surface area (Å²) in [6, 6.07) is 5.78. The molecule has 2 rings (SSSR count). The summed E-state index contributed by atoms with van der Waals surface area (Å²) in [6.45, 7) is 0. The number of rotatable bonds is 4. The standard InChI is InChI=1S/C15H15NO5/c17-13-3-1-2-4-14(13)21-15(18)10-7-11-5-8-12(9-6-11)16(19)20/h5-10,14H,1-4H2. The van der Waals surface area contributed by atoms with E-state index in [1.165, 1.54) is 36.4 Å². The van der Waals surface area contributed by atoms with Gasteiger partial charge in [0.15, 0.2) is 11.9 Å². The molecule has 6 heteroatoms. The predicted molar refractivity (Wildman–Crippen MR) is 75.5 cm³/mol. The molecule has 0 saturated heterocycles. The lowest BCUT2D eigenvalue weighted by Crippen LogP contribution is -2.29. The maximum absolute atomic E-state index is 11.6. The minimum Gasteiger partial charge on any atom is -0.451 e. The molecule has 1 atom stereocenters. The zero-order valence-electron chi connectivity index (χ0n) is 11.4. The van der Waals surface area contributed by atoms with Gasteiger partial charge in [0, 0.05) is 24.6 Å². The quantitative estimate of drug-likeness (QED) is 0.368. The Hall–Kier alpha value is -2.50. The molecule has 1 aliphatic carbocycles. The first kappa shape index (κ1) is 14.9. The number of hydrogen-bond acceptors (Lipinski definition) is 5. The molecule has 1 aromatic carbocycles. The third-order valence-corrected chi connectivity index (χ3v) is 3.27. The van der Waals surface area contributed by atoms with Gasteiger partial charge >= 0.3 is 5.97 Å². The topological polar surface area (TPSA) is 86.5 Å². The van der Waals surface area contributed by atoms with Crippen LogP contribution in [-0.4, -0.2) is 22.8 Å². The summed E-state index contributed by atoms with van der Waals surface area (Å²) >= 11 is 0. The highest BCUT2D eigenvalue weighted by molar-refractivity contribution is 5.91. The van der Waals surface area contributed by atoms with E-state index < -0.39 is 17.0 Å². The first-order valence-electron chi connectivity index (χ1n) is 6.72. The molecular formula is C15H15NO5. The number of nitro benzene ring substituents is 1. The number of non-ortho nitro benzene ring substituents is 1. The van der Waals surface area contributed by atoms with E-state index in [9.17, 15) is 19.7 Å². The normalized spacial score (nSPS) is 18.7. The molecule has 0 aliphatic heterocycles.